The third-order valence-corrected chi connectivity index (χ3v) is 5.11. The summed E-state index contributed by atoms with van der Waals surface area (Å²) in [5.74, 6) is 0.327. The van der Waals surface area contributed by atoms with Gasteiger partial charge in [0.15, 0.2) is 5.76 Å². The molecule has 1 aliphatic rings. The first-order valence-corrected chi connectivity index (χ1v) is 8.47. The van der Waals surface area contributed by atoms with Crippen molar-refractivity contribution in [3.63, 3.8) is 0 Å². The van der Waals surface area contributed by atoms with E-state index in [1.54, 1.807) is 4.90 Å². The van der Waals surface area contributed by atoms with Gasteiger partial charge in [0.1, 0.15) is 10.7 Å². The number of aryl methyl sites for hydroxylation is 1. The first-order valence-electron chi connectivity index (χ1n) is 6.92. The Morgan fingerprint density at radius 1 is 1.43 bits per heavy atom. The standard InChI is InChI=1S/C14H22N2O4S/c1-9-12(21(15,18)19)7-11(20-9)13(17)16-6-5-10(8-16)14(2,3)4/h7,10H,5-6,8H2,1-4H3,(H2,15,18,19). The molecule has 2 heterocycles. The van der Waals surface area contributed by atoms with Crippen LogP contribution in [0, 0.1) is 18.3 Å². The lowest BCUT2D eigenvalue weighted by Gasteiger charge is -2.26. The van der Waals surface area contributed by atoms with Gasteiger partial charge in [0.05, 0.1) is 0 Å². The molecule has 6 nitrogen and oxygen atoms in total. The summed E-state index contributed by atoms with van der Waals surface area (Å²) in [5.41, 5.74) is 0.139. The van der Waals surface area contributed by atoms with Gasteiger partial charge in [0.25, 0.3) is 5.91 Å². The smallest absolute Gasteiger partial charge is 0.289 e. The number of furan rings is 1. The number of hydrogen-bond donors (Lipinski definition) is 1. The second-order valence-corrected chi connectivity index (χ2v) is 8.21. The molecular formula is C14H22N2O4S. The number of likely N-dealkylation sites (tertiary alicyclic amines) is 1. The van der Waals surface area contributed by atoms with Gasteiger partial charge in [-0.25, -0.2) is 13.6 Å². The zero-order chi connectivity index (χ0) is 16.0. The fourth-order valence-electron chi connectivity index (χ4n) is 2.66. The highest BCUT2D eigenvalue weighted by Crippen LogP contribution is 2.34. The molecule has 1 aromatic heterocycles. The minimum Gasteiger partial charge on any atom is -0.455 e. The van der Waals surface area contributed by atoms with Gasteiger partial charge in [-0.05, 0) is 24.7 Å². The number of carbonyl (C=O) groups is 1. The lowest BCUT2D eigenvalue weighted by atomic mass is 9.80. The number of rotatable bonds is 2. The Morgan fingerprint density at radius 3 is 2.48 bits per heavy atom. The van der Waals surface area contributed by atoms with Gasteiger partial charge in [0.2, 0.25) is 10.0 Å². The molecule has 1 aliphatic heterocycles. The molecule has 118 valence electrons. The number of sulfonamides is 1. The topological polar surface area (TPSA) is 93.6 Å². The van der Waals surface area contributed by atoms with Crippen molar-refractivity contribution in [2.75, 3.05) is 13.1 Å². The van der Waals surface area contributed by atoms with Crippen molar-refractivity contribution < 1.29 is 17.6 Å². The van der Waals surface area contributed by atoms with E-state index in [1.165, 1.54) is 13.0 Å². The monoisotopic (exact) mass is 314 g/mol. The highest BCUT2D eigenvalue weighted by Gasteiger charge is 2.35. The molecule has 0 aromatic carbocycles. The van der Waals surface area contributed by atoms with Crippen molar-refractivity contribution in [1.82, 2.24) is 4.90 Å². The Balaban J connectivity index is 2.19. The highest BCUT2D eigenvalue weighted by atomic mass is 32.2. The molecule has 1 unspecified atom stereocenters. The summed E-state index contributed by atoms with van der Waals surface area (Å²) in [6.07, 6.45) is 0.941. The van der Waals surface area contributed by atoms with Crippen molar-refractivity contribution >= 4 is 15.9 Å². The lowest BCUT2D eigenvalue weighted by molar-refractivity contribution is 0.0743. The largest absolute Gasteiger partial charge is 0.455 e. The minimum absolute atomic E-state index is 0.0334. The molecule has 7 heteroatoms. The Labute approximate surface area is 125 Å². The average Bonchev–Trinajstić information content (AvgIpc) is 2.92. The summed E-state index contributed by atoms with van der Waals surface area (Å²) in [5, 5.41) is 5.09. The van der Waals surface area contributed by atoms with Crippen molar-refractivity contribution in [1.29, 1.82) is 0 Å². The fraction of sp³-hybridized carbons (Fsp3) is 0.643. The Kier molecular flexibility index (Phi) is 3.92. The molecule has 0 bridgehead atoms. The zero-order valence-corrected chi connectivity index (χ0v) is 13.7. The van der Waals surface area contributed by atoms with Gasteiger partial charge in [-0.2, -0.15) is 0 Å². The van der Waals surface area contributed by atoms with Crippen molar-refractivity contribution in [2.24, 2.45) is 16.5 Å². The van der Waals surface area contributed by atoms with Gasteiger partial charge in [-0.3, -0.25) is 4.79 Å². The van der Waals surface area contributed by atoms with Crippen LogP contribution in [0.5, 0.6) is 0 Å². The van der Waals surface area contributed by atoms with Gasteiger partial charge in [0, 0.05) is 19.2 Å². The molecule has 1 saturated heterocycles. The maximum absolute atomic E-state index is 12.4. The van der Waals surface area contributed by atoms with E-state index in [9.17, 15) is 13.2 Å². The van der Waals surface area contributed by atoms with Crippen LogP contribution in [0.25, 0.3) is 0 Å². The van der Waals surface area contributed by atoms with Crippen molar-refractivity contribution in [2.45, 2.75) is 39.0 Å². The predicted molar refractivity (Wildman–Crippen MR) is 78.3 cm³/mol. The zero-order valence-electron chi connectivity index (χ0n) is 12.8. The normalized spacial score (nSPS) is 20.0. The Morgan fingerprint density at radius 2 is 2.05 bits per heavy atom. The fourth-order valence-corrected chi connectivity index (χ4v) is 3.37. The number of nitrogens with zero attached hydrogens (tertiary/aromatic N) is 1. The maximum atomic E-state index is 12.4. The maximum Gasteiger partial charge on any atom is 0.289 e. The van der Waals surface area contributed by atoms with Crippen LogP contribution in [0.1, 0.15) is 43.5 Å². The van der Waals surface area contributed by atoms with E-state index in [1.807, 2.05) is 0 Å². The van der Waals surface area contributed by atoms with Crippen LogP contribution in [0.2, 0.25) is 0 Å². The Hall–Kier alpha value is -1.34. The summed E-state index contributed by atoms with van der Waals surface area (Å²) < 4.78 is 28.1. The van der Waals surface area contributed by atoms with Crippen LogP contribution in [0.15, 0.2) is 15.4 Å². The van der Waals surface area contributed by atoms with Gasteiger partial charge in [-0.1, -0.05) is 20.8 Å². The molecule has 2 rings (SSSR count). The molecule has 0 spiro atoms. The van der Waals surface area contributed by atoms with E-state index >= 15 is 0 Å². The van der Waals surface area contributed by atoms with Crippen LogP contribution in [-0.2, 0) is 10.0 Å². The summed E-state index contributed by atoms with van der Waals surface area (Å²) in [6, 6.07) is 1.22. The predicted octanol–water partition coefficient (Wildman–Crippen LogP) is 1.74. The summed E-state index contributed by atoms with van der Waals surface area (Å²) in [6.45, 7) is 9.27. The average molecular weight is 314 g/mol. The van der Waals surface area contributed by atoms with E-state index in [2.05, 4.69) is 20.8 Å². The number of carbonyl (C=O) groups excluding carboxylic acids is 1. The van der Waals surface area contributed by atoms with Gasteiger partial charge < -0.3 is 9.32 Å². The summed E-state index contributed by atoms with van der Waals surface area (Å²) >= 11 is 0. The van der Waals surface area contributed by atoms with E-state index in [0.29, 0.717) is 19.0 Å². The highest BCUT2D eigenvalue weighted by molar-refractivity contribution is 7.89. The van der Waals surface area contributed by atoms with Crippen molar-refractivity contribution in [3.05, 3.63) is 17.6 Å². The van der Waals surface area contributed by atoms with Gasteiger partial charge >= 0.3 is 0 Å². The molecule has 1 atom stereocenters. The third kappa shape index (κ3) is 3.29. The number of nitrogens with two attached hydrogens (primary N) is 1. The van der Waals surface area contributed by atoms with E-state index in [0.717, 1.165) is 6.42 Å². The summed E-state index contributed by atoms with van der Waals surface area (Å²) in [4.78, 5) is 14.0. The first-order chi connectivity index (χ1) is 9.50. The number of amides is 1. The van der Waals surface area contributed by atoms with E-state index in [-0.39, 0.29) is 27.7 Å². The minimum atomic E-state index is -3.87. The van der Waals surface area contributed by atoms with Crippen LogP contribution in [0.4, 0.5) is 0 Å². The van der Waals surface area contributed by atoms with Crippen LogP contribution in [-0.4, -0.2) is 32.3 Å². The summed E-state index contributed by atoms with van der Waals surface area (Å²) in [7, 11) is -3.87. The molecule has 1 aromatic rings. The molecule has 2 N–H and O–H groups in total. The number of primary sulfonamides is 1. The lowest BCUT2D eigenvalue weighted by Crippen LogP contribution is -2.30. The SMILES string of the molecule is Cc1oc(C(=O)N2CCC(C(C)(C)C)C2)cc1S(N)(=O)=O. The van der Waals surface area contributed by atoms with Crippen molar-refractivity contribution in [3.8, 4) is 0 Å². The van der Waals surface area contributed by atoms with Gasteiger partial charge in [-0.15, -0.1) is 0 Å². The molecular weight excluding hydrogens is 292 g/mol. The van der Waals surface area contributed by atoms with Crippen LogP contribution < -0.4 is 5.14 Å². The molecule has 1 fully saturated rings. The molecule has 21 heavy (non-hydrogen) atoms. The molecule has 0 radical (unpaired) electrons. The second-order valence-electron chi connectivity index (χ2n) is 6.68. The first kappa shape index (κ1) is 16.0. The van der Waals surface area contributed by atoms with E-state index in [4.69, 9.17) is 9.56 Å². The van der Waals surface area contributed by atoms with Crippen LogP contribution >= 0.6 is 0 Å². The molecule has 1 amide bonds. The third-order valence-electron chi connectivity index (χ3n) is 4.09. The Bertz CT molecular complexity index is 655. The second kappa shape index (κ2) is 5.14. The van der Waals surface area contributed by atoms with E-state index < -0.39 is 10.0 Å². The quantitative estimate of drug-likeness (QED) is 0.899. The number of hydrogen-bond acceptors (Lipinski definition) is 4. The van der Waals surface area contributed by atoms with Crippen LogP contribution in [0.3, 0.4) is 0 Å². The molecule has 0 aliphatic carbocycles. The molecule has 0 saturated carbocycles.